The Labute approximate surface area is 128 Å². The van der Waals surface area contributed by atoms with Crippen LogP contribution in [0.2, 0.25) is 0 Å². The number of anilines is 1. The zero-order valence-electron chi connectivity index (χ0n) is 14.7. The monoisotopic (exact) mass is 297 g/mol. The van der Waals surface area contributed by atoms with Crippen LogP contribution >= 0.6 is 0 Å². The molecule has 0 amide bonds. The Hall–Kier alpha value is -1.85. The number of aryl methyl sites for hydroxylation is 1. The number of hydrogen-bond acceptors (Lipinski definition) is 4. The predicted molar refractivity (Wildman–Crippen MR) is 92.0 cm³/mol. The molecular formula is C15H31N5O. The summed E-state index contributed by atoms with van der Waals surface area (Å²) >= 11 is 0. The molecule has 2 N–H and O–H groups in total. The molecule has 0 unspecified atom stereocenters. The first-order valence-corrected chi connectivity index (χ1v) is 7.79. The topological polar surface area (TPSA) is 75.6 Å². The van der Waals surface area contributed by atoms with Crippen LogP contribution in [-0.2, 0) is 7.05 Å². The minimum Gasteiger partial charge on any atom is -0.356 e. The fraction of sp³-hybridized carbons (Fsp3) is 0.667. The Bertz CT molecular complexity index is 530. The molecule has 2 aromatic rings. The third kappa shape index (κ3) is 6.42. The van der Waals surface area contributed by atoms with E-state index < -0.39 is 0 Å². The molecule has 2 aromatic heterocycles. The zero-order chi connectivity index (χ0) is 16.8. The van der Waals surface area contributed by atoms with Gasteiger partial charge in [0.05, 0.1) is 6.33 Å². The normalized spacial score (nSPS) is 8.57. The molecule has 0 radical (unpaired) electrons. The average Bonchev–Trinajstić information content (AvgIpc) is 2.82. The Kier molecular flexibility index (Phi) is 13.4. The van der Waals surface area contributed by atoms with Crippen molar-refractivity contribution in [3.05, 3.63) is 16.7 Å². The molecule has 21 heavy (non-hydrogen) atoms. The summed E-state index contributed by atoms with van der Waals surface area (Å²) in [6.45, 7) is 15.0. The van der Waals surface area contributed by atoms with Gasteiger partial charge in [0.2, 0.25) is 5.95 Å². The molecule has 0 aliphatic rings. The second-order valence-corrected chi connectivity index (χ2v) is 3.64. The SMILES string of the molecule is CC.CC.CCC.CCNc1nc2nc[nH]c(=O)c2n1C. The number of H-pyrrole nitrogens is 1. The average molecular weight is 297 g/mol. The van der Waals surface area contributed by atoms with E-state index in [1.54, 1.807) is 11.6 Å². The Morgan fingerprint density at radius 1 is 1.19 bits per heavy atom. The molecule has 0 saturated heterocycles. The molecule has 0 atom stereocenters. The van der Waals surface area contributed by atoms with Crippen LogP contribution in [0.3, 0.4) is 0 Å². The molecule has 2 rings (SSSR count). The van der Waals surface area contributed by atoms with Crippen molar-refractivity contribution in [3.8, 4) is 0 Å². The van der Waals surface area contributed by atoms with E-state index in [0.717, 1.165) is 6.54 Å². The van der Waals surface area contributed by atoms with E-state index in [0.29, 0.717) is 17.1 Å². The molecular weight excluding hydrogens is 266 g/mol. The largest absolute Gasteiger partial charge is 0.356 e. The standard InChI is InChI=1S/C8H11N5O.C3H8.2C2H6/c1-3-9-8-12-6-5(13(8)2)7(14)11-4-10-6;1-3-2;2*1-2/h4H,3H2,1-2H3,(H2,9,10,11,12,14);3H2,1-2H3;2*1-2H3. The highest BCUT2D eigenvalue weighted by Gasteiger charge is 2.10. The second-order valence-electron chi connectivity index (χ2n) is 3.64. The maximum absolute atomic E-state index is 11.4. The quantitative estimate of drug-likeness (QED) is 0.888. The van der Waals surface area contributed by atoms with E-state index >= 15 is 0 Å². The van der Waals surface area contributed by atoms with Gasteiger partial charge in [-0.3, -0.25) is 4.79 Å². The zero-order valence-corrected chi connectivity index (χ0v) is 14.7. The lowest BCUT2D eigenvalue weighted by Gasteiger charge is -2.00. The smallest absolute Gasteiger partial charge is 0.277 e. The van der Waals surface area contributed by atoms with Gasteiger partial charge in [-0.05, 0) is 6.92 Å². The third-order valence-corrected chi connectivity index (χ3v) is 2.01. The number of nitrogens with zero attached hydrogens (tertiary/aromatic N) is 3. The van der Waals surface area contributed by atoms with Crippen LogP contribution in [0.4, 0.5) is 5.95 Å². The number of aromatic amines is 1. The van der Waals surface area contributed by atoms with Crippen LogP contribution in [0, 0.1) is 0 Å². The van der Waals surface area contributed by atoms with Crippen LogP contribution in [0.25, 0.3) is 11.2 Å². The summed E-state index contributed by atoms with van der Waals surface area (Å²) in [5.74, 6) is 0.659. The molecule has 0 aliphatic carbocycles. The summed E-state index contributed by atoms with van der Waals surface area (Å²) in [4.78, 5) is 22.1. The number of hydrogen-bond donors (Lipinski definition) is 2. The number of rotatable bonds is 2. The highest BCUT2D eigenvalue weighted by Crippen LogP contribution is 2.10. The molecule has 0 saturated carbocycles. The third-order valence-electron chi connectivity index (χ3n) is 2.01. The van der Waals surface area contributed by atoms with Crippen molar-refractivity contribution in [1.29, 1.82) is 0 Å². The van der Waals surface area contributed by atoms with Gasteiger partial charge in [0.1, 0.15) is 0 Å². The number of fused-ring (bicyclic) bond motifs is 1. The summed E-state index contributed by atoms with van der Waals surface area (Å²) in [6.07, 6.45) is 2.60. The Morgan fingerprint density at radius 2 is 1.71 bits per heavy atom. The van der Waals surface area contributed by atoms with Crippen molar-refractivity contribution in [1.82, 2.24) is 19.5 Å². The van der Waals surface area contributed by atoms with E-state index in [2.05, 4.69) is 34.1 Å². The molecule has 6 nitrogen and oxygen atoms in total. The van der Waals surface area contributed by atoms with Crippen molar-refractivity contribution in [3.63, 3.8) is 0 Å². The summed E-state index contributed by atoms with van der Waals surface area (Å²) in [6, 6.07) is 0. The lowest BCUT2D eigenvalue weighted by atomic mass is 10.5. The van der Waals surface area contributed by atoms with Crippen LogP contribution in [0.5, 0.6) is 0 Å². The van der Waals surface area contributed by atoms with Crippen molar-refractivity contribution in [2.24, 2.45) is 7.05 Å². The fourth-order valence-electron chi connectivity index (χ4n) is 1.36. The first kappa shape index (κ1) is 21.4. The molecule has 6 heteroatoms. The molecule has 0 spiro atoms. The molecule has 0 bridgehead atoms. The lowest BCUT2D eigenvalue weighted by Crippen LogP contribution is -2.10. The van der Waals surface area contributed by atoms with Gasteiger partial charge in [0.15, 0.2) is 11.2 Å². The van der Waals surface area contributed by atoms with E-state index in [1.165, 1.54) is 12.7 Å². The summed E-state index contributed by atoms with van der Waals surface area (Å²) in [5, 5.41) is 3.05. The van der Waals surface area contributed by atoms with Crippen molar-refractivity contribution in [2.75, 3.05) is 11.9 Å². The highest BCUT2D eigenvalue weighted by molar-refractivity contribution is 5.73. The van der Waals surface area contributed by atoms with E-state index in [9.17, 15) is 4.79 Å². The van der Waals surface area contributed by atoms with Crippen molar-refractivity contribution in [2.45, 2.75) is 54.9 Å². The van der Waals surface area contributed by atoms with Gasteiger partial charge in [0.25, 0.3) is 5.56 Å². The van der Waals surface area contributed by atoms with Crippen LogP contribution in [-0.4, -0.2) is 26.1 Å². The minimum atomic E-state index is -0.172. The Morgan fingerprint density at radius 3 is 2.14 bits per heavy atom. The molecule has 0 aliphatic heterocycles. The van der Waals surface area contributed by atoms with Gasteiger partial charge in [-0.25, -0.2) is 4.98 Å². The first-order valence-electron chi connectivity index (χ1n) is 7.79. The fourth-order valence-corrected chi connectivity index (χ4v) is 1.36. The first-order chi connectivity index (χ1) is 10.2. The predicted octanol–water partition coefficient (Wildman–Crippen LogP) is 3.56. The van der Waals surface area contributed by atoms with E-state index in [1.807, 2.05) is 34.6 Å². The molecule has 122 valence electrons. The molecule has 0 fully saturated rings. The maximum Gasteiger partial charge on any atom is 0.277 e. The van der Waals surface area contributed by atoms with Gasteiger partial charge < -0.3 is 14.9 Å². The van der Waals surface area contributed by atoms with Crippen molar-refractivity contribution < 1.29 is 0 Å². The van der Waals surface area contributed by atoms with Gasteiger partial charge in [-0.1, -0.05) is 48.0 Å². The van der Waals surface area contributed by atoms with Crippen LogP contribution in [0.1, 0.15) is 54.9 Å². The van der Waals surface area contributed by atoms with E-state index in [4.69, 9.17) is 0 Å². The number of aromatic nitrogens is 4. The summed E-state index contributed by atoms with van der Waals surface area (Å²) in [7, 11) is 1.78. The summed E-state index contributed by atoms with van der Waals surface area (Å²) in [5.41, 5.74) is 0.782. The van der Waals surface area contributed by atoms with Gasteiger partial charge in [0, 0.05) is 13.6 Å². The van der Waals surface area contributed by atoms with Gasteiger partial charge >= 0.3 is 0 Å². The van der Waals surface area contributed by atoms with E-state index in [-0.39, 0.29) is 5.56 Å². The number of imidazole rings is 1. The van der Waals surface area contributed by atoms with Crippen molar-refractivity contribution >= 4 is 17.1 Å². The lowest BCUT2D eigenvalue weighted by molar-refractivity contribution is 0.928. The van der Waals surface area contributed by atoms with Gasteiger partial charge in [-0.2, -0.15) is 4.98 Å². The second kappa shape index (κ2) is 13.1. The van der Waals surface area contributed by atoms with Gasteiger partial charge in [-0.15, -0.1) is 0 Å². The Balaban J connectivity index is 0. The highest BCUT2D eigenvalue weighted by atomic mass is 16.1. The minimum absolute atomic E-state index is 0.172. The molecule has 2 heterocycles. The maximum atomic E-state index is 11.4. The van der Waals surface area contributed by atoms with Crippen LogP contribution < -0.4 is 10.9 Å². The summed E-state index contributed by atoms with van der Waals surface area (Å²) < 4.78 is 1.70. The molecule has 0 aromatic carbocycles. The van der Waals surface area contributed by atoms with Crippen LogP contribution in [0.15, 0.2) is 11.1 Å². The number of nitrogens with one attached hydrogen (secondary N) is 2.